The van der Waals surface area contributed by atoms with Crippen LogP contribution in [0.25, 0.3) is 0 Å². The molecule has 0 fully saturated rings. The molecule has 1 aliphatic heterocycles. The van der Waals surface area contributed by atoms with Gasteiger partial charge < -0.3 is 14.7 Å². The van der Waals surface area contributed by atoms with Crippen LogP contribution in [0.2, 0.25) is 0 Å². The second kappa shape index (κ2) is 6.61. The molecule has 0 saturated carbocycles. The van der Waals surface area contributed by atoms with Crippen LogP contribution >= 0.6 is 0 Å². The van der Waals surface area contributed by atoms with Gasteiger partial charge in [0.1, 0.15) is 5.75 Å². The van der Waals surface area contributed by atoms with Gasteiger partial charge in [-0.2, -0.15) is 0 Å². The number of ether oxygens (including phenoxy) is 1. The number of carboxylic acids is 1. The summed E-state index contributed by atoms with van der Waals surface area (Å²) in [7, 11) is 0. The highest BCUT2D eigenvalue weighted by atomic mass is 16.5. The van der Waals surface area contributed by atoms with Gasteiger partial charge in [-0.3, -0.25) is 9.59 Å². The van der Waals surface area contributed by atoms with E-state index in [1.54, 1.807) is 11.8 Å². The van der Waals surface area contributed by atoms with Crippen LogP contribution in [0.3, 0.4) is 0 Å². The molecular weight excluding hydrogens is 270 g/mol. The minimum atomic E-state index is -0.881. The summed E-state index contributed by atoms with van der Waals surface area (Å²) >= 11 is 0. The number of hydrogen-bond acceptors (Lipinski definition) is 3. The van der Waals surface area contributed by atoms with Gasteiger partial charge in [0.2, 0.25) is 5.91 Å². The molecule has 0 saturated heterocycles. The first kappa shape index (κ1) is 15.4. The summed E-state index contributed by atoms with van der Waals surface area (Å²) in [6.45, 7) is 4.76. The van der Waals surface area contributed by atoms with E-state index in [1.165, 1.54) is 0 Å². The number of carbonyl (C=O) groups is 2. The third-order valence-corrected chi connectivity index (χ3v) is 3.87. The number of benzene rings is 1. The van der Waals surface area contributed by atoms with E-state index in [2.05, 4.69) is 0 Å². The lowest BCUT2D eigenvalue weighted by Gasteiger charge is -2.31. The number of rotatable bonds is 5. The van der Waals surface area contributed by atoms with Crippen LogP contribution in [0.5, 0.6) is 5.75 Å². The molecule has 1 aromatic rings. The van der Waals surface area contributed by atoms with E-state index in [-0.39, 0.29) is 18.4 Å². The minimum Gasteiger partial charge on any atom is -0.493 e. The summed E-state index contributed by atoms with van der Waals surface area (Å²) in [6.07, 6.45) is 0.633. The molecule has 0 aliphatic carbocycles. The Morgan fingerprint density at radius 3 is 2.81 bits per heavy atom. The molecule has 1 N–H and O–H groups in total. The molecule has 0 aromatic heterocycles. The molecule has 0 bridgehead atoms. The number of hydrogen-bond donors (Lipinski definition) is 1. The molecule has 2 unspecified atom stereocenters. The number of aliphatic carboxylic acids is 1. The topological polar surface area (TPSA) is 66.8 Å². The van der Waals surface area contributed by atoms with E-state index >= 15 is 0 Å². The van der Waals surface area contributed by atoms with Crippen LogP contribution in [-0.2, 0) is 9.59 Å². The highest BCUT2D eigenvalue weighted by Gasteiger charge is 2.31. The maximum atomic E-state index is 12.7. The van der Waals surface area contributed by atoms with E-state index in [4.69, 9.17) is 9.84 Å². The maximum absolute atomic E-state index is 12.7. The molecule has 1 aliphatic rings. The van der Waals surface area contributed by atoms with Crippen LogP contribution in [0.15, 0.2) is 24.3 Å². The normalized spacial score (nSPS) is 18.3. The first-order chi connectivity index (χ1) is 10.0. The summed E-state index contributed by atoms with van der Waals surface area (Å²) in [6, 6.07) is 7.55. The Kier molecular flexibility index (Phi) is 4.83. The highest BCUT2D eigenvalue weighted by Crippen LogP contribution is 2.34. The van der Waals surface area contributed by atoms with Crippen LogP contribution in [0, 0.1) is 5.92 Å². The smallest absolute Gasteiger partial charge is 0.308 e. The first-order valence-corrected chi connectivity index (χ1v) is 7.28. The average Bonchev–Trinajstić information content (AvgIpc) is 2.51. The van der Waals surface area contributed by atoms with Gasteiger partial charge in [0.05, 0.1) is 18.4 Å². The van der Waals surface area contributed by atoms with Crippen molar-refractivity contribution in [2.75, 3.05) is 19.7 Å². The SMILES string of the molecule is CCN(CC(C)C(=O)O)C(=O)C1CCOc2ccccc21. The Labute approximate surface area is 124 Å². The van der Waals surface area contributed by atoms with Crippen molar-refractivity contribution in [3.05, 3.63) is 29.8 Å². The summed E-state index contributed by atoms with van der Waals surface area (Å²) in [5.74, 6) is -0.945. The predicted octanol–water partition coefficient (Wildman–Crippen LogP) is 2.12. The van der Waals surface area contributed by atoms with Crippen LogP contribution in [-0.4, -0.2) is 41.6 Å². The van der Waals surface area contributed by atoms with Crippen molar-refractivity contribution in [1.82, 2.24) is 4.90 Å². The lowest BCUT2D eigenvalue weighted by atomic mass is 9.91. The zero-order valence-electron chi connectivity index (χ0n) is 12.4. The Bertz CT molecular complexity index is 529. The summed E-state index contributed by atoms with van der Waals surface area (Å²) in [5.41, 5.74) is 0.898. The van der Waals surface area contributed by atoms with Gasteiger partial charge in [0.25, 0.3) is 0 Å². The standard InChI is InChI=1S/C16H21NO4/c1-3-17(10-11(2)16(19)20)15(18)13-8-9-21-14-7-5-4-6-12(13)14/h4-7,11,13H,3,8-10H2,1-2H3,(H,19,20). The Balaban J connectivity index is 2.17. The van der Waals surface area contributed by atoms with Crippen molar-refractivity contribution in [3.8, 4) is 5.75 Å². The van der Waals surface area contributed by atoms with Gasteiger partial charge in [-0.1, -0.05) is 25.1 Å². The van der Waals surface area contributed by atoms with Gasteiger partial charge in [0, 0.05) is 18.7 Å². The van der Waals surface area contributed by atoms with E-state index in [0.717, 1.165) is 11.3 Å². The number of para-hydroxylation sites is 1. The van der Waals surface area contributed by atoms with Crippen molar-refractivity contribution in [2.45, 2.75) is 26.2 Å². The number of nitrogens with zero attached hydrogens (tertiary/aromatic N) is 1. The fraction of sp³-hybridized carbons (Fsp3) is 0.500. The molecule has 1 amide bonds. The second-order valence-electron chi connectivity index (χ2n) is 5.34. The molecule has 0 spiro atoms. The largest absolute Gasteiger partial charge is 0.493 e. The van der Waals surface area contributed by atoms with Gasteiger partial charge in [-0.25, -0.2) is 0 Å². The van der Waals surface area contributed by atoms with Gasteiger partial charge >= 0.3 is 5.97 Å². The van der Waals surface area contributed by atoms with E-state index in [0.29, 0.717) is 19.6 Å². The fourth-order valence-corrected chi connectivity index (χ4v) is 2.60. The number of fused-ring (bicyclic) bond motifs is 1. The number of carbonyl (C=O) groups excluding carboxylic acids is 1. The van der Waals surface area contributed by atoms with Crippen LogP contribution in [0.1, 0.15) is 31.7 Å². The molecule has 5 nitrogen and oxygen atoms in total. The molecule has 0 radical (unpaired) electrons. The van der Waals surface area contributed by atoms with Crippen molar-refractivity contribution < 1.29 is 19.4 Å². The molecule has 21 heavy (non-hydrogen) atoms. The molecule has 1 heterocycles. The van der Waals surface area contributed by atoms with Gasteiger partial charge in [0.15, 0.2) is 0 Å². The van der Waals surface area contributed by atoms with E-state index < -0.39 is 11.9 Å². The van der Waals surface area contributed by atoms with Crippen LogP contribution in [0.4, 0.5) is 0 Å². The predicted molar refractivity (Wildman–Crippen MR) is 78.3 cm³/mol. The molecule has 2 rings (SSSR count). The average molecular weight is 291 g/mol. The molecule has 1 aromatic carbocycles. The Morgan fingerprint density at radius 1 is 1.43 bits per heavy atom. The monoisotopic (exact) mass is 291 g/mol. The lowest BCUT2D eigenvalue weighted by Crippen LogP contribution is -2.40. The molecule has 5 heteroatoms. The highest BCUT2D eigenvalue weighted by molar-refractivity contribution is 5.85. The summed E-state index contributed by atoms with van der Waals surface area (Å²) in [4.78, 5) is 25.3. The summed E-state index contributed by atoms with van der Waals surface area (Å²) in [5, 5.41) is 9.02. The van der Waals surface area contributed by atoms with Crippen molar-refractivity contribution in [3.63, 3.8) is 0 Å². The first-order valence-electron chi connectivity index (χ1n) is 7.28. The lowest BCUT2D eigenvalue weighted by molar-refractivity contribution is -0.143. The Hall–Kier alpha value is -2.04. The van der Waals surface area contributed by atoms with E-state index in [1.807, 2.05) is 31.2 Å². The quantitative estimate of drug-likeness (QED) is 0.902. The number of amides is 1. The number of likely N-dealkylation sites (N-methyl/N-ethyl adjacent to an activating group) is 1. The van der Waals surface area contributed by atoms with Gasteiger partial charge in [-0.15, -0.1) is 0 Å². The zero-order valence-corrected chi connectivity index (χ0v) is 12.4. The summed E-state index contributed by atoms with van der Waals surface area (Å²) < 4.78 is 5.57. The van der Waals surface area contributed by atoms with Crippen molar-refractivity contribution in [1.29, 1.82) is 0 Å². The Morgan fingerprint density at radius 2 is 2.14 bits per heavy atom. The van der Waals surface area contributed by atoms with E-state index in [9.17, 15) is 9.59 Å². The molecule has 2 atom stereocenters. The third-order valence-electron chi connectivity index (χ3n) is 3.87. The molecule has 114 valence electrons. The van der Waals surface area contributed by atoms with Crippen molar-refractivity contribution >= 4 is 11.9 Å². The van der Waals surface area contributed by atoms with Crippen molar-refractivity contribution in [2.24, 2.45) is 5.92 Å². The minimum absolute atomic E-state index is 0.0126. The molecular formula is C16H21NO4. The van der Waals surface area contributed by atoms with Crippen LogP contribution < -0.4 is 4.74 Å². The zero-order chi connectivity index (χ0) is 15.4. The number of carboxylic acid groups (broad SMARTS) is 1. The third kappa shape index (κ3) is 3.35. The maximum Gasteiger partial charge on any atom is 0.308 e. The fourth-order valence-electron chi connectivity index (χ4n) is 2.60. The second-order valence-corrected chi connectivity index (χ2v) is 5.34. The van der Waals surface area contributed by atoms with Gasteiger partial charge in [-0.05, 0) is 19.4 Å².